The number of para-hydroxylation sites is 1. The highest BCUT2D eigenvalue weighted by Gasteiger charge is 2.18. The lowest BCUT2D eigenvalue weighted by atomic mass is 9.94. The van der Waals surface area contributed by atoms with Crippen molar-refractivity contribution in [2.24, 2.45) is 5.92 Å². The van der Waals surface area contributed by atoms with Crippen LogP contribution in [0.4, 0.5) is 0 Å². The van der Waals surface area contributed by atoms with E-state index in [0.29, 0.717) is 5.92 Å². The molecule has 1 N–H and O–H groups in total. The van der Waals surface area contributed by atoms with Gasteiger partial charge in [-0.1, -0.05) is 18.2 Å². The van der Waals surface area contributed by atoms with Crippen molar-refractivity contribution in [2.75, 3.05) is 13.2 Å². The Hall–Kier alpha value is -1.02. The standard InChI is InChI=1S/C11H14O2/c12-6-5-9-7-10-3-1-2-4-11(10)13-8-9/h1-4,9,12H,5-8H2. The van der Waals surface area contributed by atoms with Crippen LogP contribution in [0, 0.1) is 5.92 Å². The van der Waals surface area contributed by atoms with Crippen LogP contribution < -0.4 is 4.74 Å². The highest BCUT2D eigenvalue weighted by atomic mass is 16.5. The second-order valence-electron chi connectivity index (χ2n) is 3.50. The maximum Gasteiger partial charge on any atom is 0.122 e. The molecule has 0 aliphatic carbocycles. The van der Waals surface area contributed by atoms with E-state index in [1.807, 2.05) is 18.2 Å². The summed E-state index contributed by atoms with van der Waals surface area (Å²) in [5.74, 6) is 1.50. The molecule has 70 valence electrons. The van der Waals surface area contributed by atoms with Crippen LogP contribution in [0.5, 0.6) is 5.75 Å². The van der Waals surface area contributed by atoms with Gasteiger partial charge in [0.25, 0.3) is 0 Å². The SMILES string of the molecule is OCCC1COc2ccccc2C1. The molecule has 1 aliphatic heterocycles. The van der Waals surface area contributed by atoms with Crippen LogP contribution >= 0.6 is 0 Å². The second kappa shape index (κ2) is 3.79. The monoisotopic (exact) mass is 178 g/mol. The molecule has 1 aromatic rings. The Morgan fingerprint density at radius 2 is 2.23 bits per heavy atom. The number of hydrogen-bond acceptors (Lipinski definition) is 2. The van der Waals surface area contributed by atoms with Crippen molar-refractivity contribution in [2.45, 2.75) is 12.8 Å². The molecule has 13 heavy (non-hydrogen) atoms. The Bertz CT molecular complexity index is 283. The van der Waals surface area contributed by atoms with E-state index >= 15 is 0 Å². The zero-order valence-corrected chi connectivity index (χ0v) is 7.57. The van der Waals surface area contributed by atoms with Gasteiger partial charge in [0.05, 0.1) is 6.61 Å². The third-order valence-corrected chi connectivity index (χ3v) is 2.49. The smallest absolute Gasteiger partial charge is 0.122 e. The Balaban J connectivity index is 2.11. The van der Waals surface area contributed by atoms with Gasteiger partial charge in [0.15, 0.2) is 0 Å². The minimum atomic E-state index is 0.260. The molecular weight excluding hydrogens is 164 g/mol. The number of aliphatic hydroxyl groups excluding tert-OH is 1. The van der Waals surface area contributed by atoms with E-state index in [2.05, 4.69) is 6.07 Å². The third-order valence-electron chi connectivity index (χ3n) is 2.49. The zero-order valence-electron chi connectivity index (χ0n) is 7.57. The van der Waals surface area contributed by atoms with Crippen LogP contribution in [-0.2, 0) is 6.42 Å². The Labute approximate surface area is 78.2 Å². The number of fused-ring (bicyclic) bond motifs is 1. The van der Waals surface area contributed by atoms with Crippen molar-refractivity contribution in [3.05, 3.63) is 29.8 Å². The van der Waals surface area contributed by atoms with E-state index in [4.69, 9.17) is 9.84 Å². The molecule has 1 aromatic carbocycles. The molecule has 2 nitrogen and oxygen atoms in total. The van der Waals surface area contributed by atoms with Gasteiger partial charge in [-0.2, -0.15) is 0 Å². The van der Waals surface area contributed by atoms with Crippen molar-refractivity contribution in [3.63, 3.8) is 0 Å². The summed E-state index contributed by atoms with van der Waals surface area (Å²) in [4.78, 5) is 0. The lowest BCUT2D eigenvalue weighted by Crippen LogP contribution is -2.21. The highest BCUT2D eigenvalue weighted by molar-refractivity contribution is 5.34. The van der Waals surface area contributed by atoms with Gasteiger partial charge in [-0.25, -0.2) is 0 Å². The van der Waals surface area contributed by atoms with Gasteiger partial charge < -0.3 is 9.84 Å². The summed E-state index contributed by atoms with van der Waals surface area (Å²) in [7, 11) is 0. The Morgan fingerprint density at radius 3 is 3.08 bits per heavy atom. The maximum atomic E-state index is 8.81. The summed E-state index contributed by atoms with van der Waals surface area (Å²) in [5.41, 5.74) is 1.27. The molecule has 1 unspecified atom stereocenters. The molecule has 0 radical (unpaired) electrons. The van der Waals surface area contributed by atoms with Crippen LogP contribution in [0.3, 0.4) is 0 Å². The van der Waals surface area contributed by atoms with Gasteiger partial charge in [0.2, 0.25) is 0 Å². The molecule has 1 heterocycles. The summed E-state index contributed by atoms with van der Waals surface area (Å²) in [6.45, 7) is 1.01. The van der Waals surface area contributed by atoms with Crippen molar-refractivity contribution in [3.8, 4) is 5.75 Å². The fourth-order valence-corrected chi connectivity index (χ4v) is 1.76. The fourth-order valence-electron chi connectivity index (χ4n) is 1.76. The summed E-state index contributed by atoms with van der Waals surface area (Å²) < 4.78 is 5.58. The lowest BCUT2D eigenvalue weighted by molar-refractivity contribution is 0.180. The molecule has 0 bridgehead atoms. The van der Waals surface area contributed by atoms with Gasteiger partial charge in [0, 0.05) is 6.61 Å². The van der Waals surface area contributed by atoms with Gasteiger partial charge in [-0.15, -0.1) is 0 Å². The van der Waals surface area contributed by atoms with Crippen molar-refractivity contribution in [1.29, 1.82) is 0 Å². The van der Waals surface area contributed by atoms with Crippen LogP contribution in [0.15, 0.2) is 24.3 Å². The first-order valence-corrected chi connectivity index (χ1v) is 4.71. The number of benzene rings is 1. The minimum absolute atomic E-state index is 0.260. The largest absolute Gasteiger partial charge is 0.493 e. The first kappa shape index (κ1) is 8.57. The molecule has 1 aliphatic rings. The number of hydrogen-bond donors (Lipinski definition) is 1. The predicted octanol–water partition coefficient (Wildman–Crippen LogP) is 1.62. The molecule has 0 aromatic heterocycles. The Kier molecular flexibility index (Phi) is 2.50. The number of ether oxygens (including phenoxy) is 1. The van der Waals surface area contributed by atoms with E-state index in [1.54, 1.807) is 0 Å². The number of rotatable bonds is 2. The molecule has 0 saturated heterocycles. The summed E-state index contributed by atoms with van der Waals surface area (Å²) >= 11 is 0. The van der Waals surface area contributed by atoms with Gasteiger partial charge in [-0.3, -0.25) is 0 Å². The molecule has 0 amide bonds. The quantitative estimate of drug-likeness (QED) is 0.745. The lowest BCUT2D eigenvalue weighted by Gasteiger charge is -2.24. The van der Waals surface area contributed by atoms with Gasteiger partial charge >= 0.3 is 0 Å². The van der Waals surface area contributed by atoms with E-state index < -0.39 is 0 Å². The normalized spacial score (nSPS) is 20.5. The van der Waals surface area contributed by atoms with Crippen molar-refractivity contribution >= 4 is 0 Å². The van der Waals surface area contributed by atoms with E-state index in [1.165, 1.54) is 5.56 Å². The van der Waals surface area contributed by atoms with Crippen LogP contribution in [0.2, 0.25) is 0 Å². The minimum Gasteiger partial charge on any atom is -0.493 e. The molecule has 0 saturated carbocycles. The topological polar surface area (TPSA) is 29.5 Å². The first-order valence-electron chi connectivity index (χ1n) is 4.71. The van der Waals surface area contributed by atoms with E-state index in [0.717, 1.165) is 25.2 Å². The molecule has 0 spiro atoms. The highest BCUT2D eigenvalue weighted by Crippen LogP contribution is 2.27. The van der Waals surface area contributed by atoms with Crippen LogP contribution in [0.25, 0.3) is 0 Å². The van der Waals surface area contributed by atoms with Crippen LogP contribution in [-0.4, -0.2) is 18.3 Å². The summed E-state index contributed by atoms with van der Waals surface area (Å²) in [6, 6.07) is 8.12. The molecule has 2 heteroatoms. The fraction of sp³-hybridized carbons (Fsp3) is 0.455. The second-order valence-corrected chi connectivity index (χ2v) is 3.50. The molecule has 0 fully saturated rings. The van der Waals surface area contributed by atoms with E-state index in [-0.39, 0.29) is 6.61 Å². The number of aliphatic hydroxyl groups is 1. The zero-order chi connectivity index (χ0) is 9.10. The average Bonchev–Trinajstić information content (AvgIpc) is 2.18. The average molecular weight is 178 g/mol. The van der Waals surface area contributed by atoms with Crippen molar-refractivity contribution in [1.82, 2.24) is 0 Å². The van der Waals surface area contributed by atoms with Gasteiger partial charge in [-0.05, 0) is 30.4 Å². The molecule has 2 rings (SSSR count). The molecular formula is C11H14O2. The first-order chi connectivity index (χ1) is 6.40. The summed E-state index contributed by atoms with van der Waals surface area (Å²) in [5, 5.41) is 8.81. The summed E-state index contributed by atoms with van der Waals surface area (Å²) in [6.07, 6.45) is 1.88. The maximum absolute atomic E-state index is 8.81. The van der Waals surface area contributed by atoms with Crippen molar-refractivity contribution < 1.29 is 9.84 Å². The van der Waals surface area contributed by atoms with Crippen LogP contribution in [0.1, 0.15) is 12.0 Å². The predicted molar refractivity (Wildman–Crippen MR) is 50.8 cm³/mol. The van der Waals surface area contributed by atoms with E-state index in [9.17, 15) is 0 Å². The third kappa shape index (κ3) is 1.83. The molecule has 1 atom stereocenters. The van der Waals surface area contributed by atoms with Gasteiger partial charge in [0.1, 0.15) is 5.75 Å². The Morgan fingerprint density at radius 1 is 1.38 bits per heavy atom.